The van der Waals surface area contributed by atoms with Crippen molar-refractivity contribution in [2.45, 2.75) is 29.7 Å². The Labute approximate surface area is 272 Å². The number of amides is 1. The first kappa shape index (κ1) is 30.4. The number of ether oxygens (including phenoxy) is 1. The Kier molecular flexibility index (Phi) is 8.88. The third-order valence-corrected chi connectivity index (χ3v) is 9.67. The molecule has 1 atom stereocenters. The van der Waals surface area contributed by atoms with Crippen LogP contribution in [-0.4, -0.2) is 32.1 Å². The number of rotatable bonds is 9. The van der Waals surface area contributed by atoms with E-state index >= 15 is 0 Å². The Hall–Kier alpha value is -4.64. The number of aliphatic hydroxyl groups excluding tert-OH is 1. The number of nitrogens with zero attached hydrogens (tertiary/aromatic N) is 3. The van der Waals surface area contributed by atoms with Crippen molar-refractivity contribution in [2.75, 3.05) is 4.90 Å². The summed E-state index contributed by atoms with van der Waals surface area (Å²) in [5, 5.41) is 31.1. The van der Waals surface area contributed by atoms with E-state index in [9.17, 15) is 19.8 Å². The number of phenols is 1. The van der Waals surface area contributed by atoms with Crippen molar-refractivity contribution >= 4 is 57.3 Å². The average molecular weight is 656 g/mol. The highest BCUT2D eigenvalue weighted by Gasteiger charge is 2.48. The van der Waals surface area contributed by atoms with Crippen molar-refractivity contribution in [3.8, 4) is 11.5 Å². The third kappa shape index (κ3) is 6.58. The molecule has 4 aromatic carbocycles. The average Bonchev–Trinajstić information content (AvgIpc) is 3.62. The van der Waals surface area contributed by atoms with Crippen LogP contribution in [0.3, 0.4) is 0 Å². The standard InChI is InChI=1S/C34H26ClN3O5S2/c1-20-5-2-3-6-24(20)18-43-27-15-11-22(12-16-27)30(40)28-29(23-7-4-8-26(39)17-23)38(32(42)31(28)41)33-36-37-34(45-33)44-19-21-9-13-25(35)14-10-21/h2-17,29,39-40H,18-19H2,1H3/b30-28+. The highest BCUT2D eigenvalue weighted by Crippen LogP contribution is 2.44. The van der Waals surface area contributed by atoms with Gasteiger partial charge in [-0.1, -0.05) is 83.2 Å². The van der Waals surface area contributed by atoms with Crippen LogP contribution in [0.2, 0.25) is 5.02 Å². The zero-order valence-corrected chi connectivity index (χ0v) is 26.3. The number of hydrogen-bond acceptors (Lipinski definition) is 9. The Balaban J connectivity index is 1.30. The molecule has 1 unspecified atom stereocenters. The summed E-state index contributed by atoms with van der Waals surface area (Å²) < 4.78 is 6.52. The number of thioether (sulfide) groups is 1. The molecule has 1 fully saturated rings. The van der Waals surface area contributed by atoms with E-state index in [1.807, 2.05) is 55.5 Å². The van der Waals surface area contributed by atoms with Gasteiger partial charge in [-0.2, -0.15) is 0 Å². The summed E-state index contributed by atoms with van der Waals surface area (Å²) in [5.41, 5.74) is 3.85. The summed E-state index contributed by atoms with van der Waals surface area (Å²) in [6.45, 7) is 2.39. The number of Topliss-reactive ketones (excluding diaryl/α,β-unsaturated/α-hetero) is 1. The van der Waals surface area contributed by atoms with E-state index in [1.165, 1.54) is 28.8 Å². The quantitative estimate of drug-likeness (QED) is 0.0546. The summed E-state index contributed by atoms with van der Waals surface area (Å²) in [6, 6.07) is 27.2. The van der Waals surface area contributed by atoms with Crippen LogP contribution in [0.5, 0.6) is 11.5 Å². The first-order valence-electron chi connectivity index (χ1n) is 13.9. The van der Waals surface area contributed by atoms with E-state index in [-0.39, 0.29) is 22.2 Å². The molecule has 1 aromatic heterocycles. The first-order valence-corrected chi connectivity index (χ1v) is 16.0. The number of phenolic OH excluding ortho intramolecular Hbond substituents is 1. The second-order valence-corrected chi connectivity index (χ2v) is 12.9. The van der Waals surface area contributed by atoms with Crippen LogP contribution in [0.15, 0.2) is 107 Å². The van der Waals surface area contributed by atoms with Crippen LogP contribution in [0.25, 0.3) is 5.76 Å². The van der Waals surface area contributed by atoms with Crippen LogP contribution in [-0.2, 0) is 21.9 Å². The number of benzene rings is 4. The van der Waals surface area contributed by atoms with Crippen LogP contribution >= 0.6 is 34.7 Å². The fourth-order valence-corrected chi connectivity index (χ4v) is 6.87. The predicted octanol–water partition coefficient (Wildman–Crippen LogP) is 7.70. The Bertz CT molecular complexity index is 1910. The molecule has 5 aromatic rings. The normalized spacial score (nSPS) is 15.9. The Morgan fingerprint density at radius 1 is 0.978 bits per heavy atom. The Morgan fingerprint density at radius 2 is 1.73 bits per heavy atom. The number of aryl methyl sites for hydroxylation is 1. The van der Waals surface area contributed by atoms with Crippen LogP contribution in [0.4, 0.5) is 5.13 Å². The number of ketones is 1. The minimum Gasteiger partial charge on any atom is -0.508 e. The van der Waals surface area contributed by atoms with E-state index in [4.69, 9.17) is 16.3 Å². The van der Waals surface area contributed by atoms with Crippen molar-refractivity contribution in [3.05, 3.63) is 135 Å². The number of hydrogen-bond donors (Lipinski definition) is 2. The van der Waals surface area contributed by atoms with E-state index in [1.54, 1.807) is 36.4 Å². The number of carbonyl (C=O) groups excluding carboxylic acids is 2. The molecule has 226 valence electrons. The van der Waals surface area contributed by atoms with Crippen molar-refractivity contribution < 1.29 is 24.5 Å². The minimum atomic E-state index is -1.05. The molecule has 0 aliphatic carbocycles. The number of halogens is 1. The number of aliphatic hydroxyl groups is 1. The molecule has 11 heteroatoms. The number of aromatic nitrogens is 2. The molecule has 0 radical (unpaired) electrons. The van der Waals surface area contributed by atoms with Gasteiger partial charge >= 0.3 is 5.91 Å². The lowest BCUT2D eigenvalue weighted by atomic mass is 9.95. The van der Waals surface area contributed by atoms with Gasteiger partial charge in [0.15, 0.2) is 4.34 Å². The van der Waals surface area contributed by atoms with Gasteiger partial charge in [-0.05, 0) is 77.7 Å². The summed E-state index contributed by atoms with van der Waals surface area (Å²) in [7, 11) is 0. The molecule has 1 aliphatic heterocycles. The fourth-order valence-electron chi connectivity index (χ4n) is 4.92. The molecule has 2 heterocycles. The van der Waals surface area contributed by atoms with Gasteiger partial charge < -0.3 is 14.9 Å². The zero-order valence-electron chi connectivity index (χ0n) is 23.9. The summed E-state index contributed by atoms with van der Waals surface area (Å²) in [6.07, 6.45) is 0. The molecule has 45 heavy (non-hydrogen) atoms. The number of carbonyl (C=O) groups is 2. The molecule has 2 N–H and O–H groups in total. The van der Waals surface area contributed by atoms with Gasteiger partial charge in [0.2, 0.25) is 5.13 Å². The zero-order chi connectivity index (χ0) is 31.5. The van der Waals surface area contributed by atoms with E-state index < -0.39 is 17.7 Å². The van der Waals surface area contributed by atoms with Gasteiger partial charge in [-0.25, -0.2) is 0 Å². The second-order valence-electron chi connectivity index (χ2n) is 10.3. The third-order valence-electron chi connectivity index (χ3n) is 7.29. The maximum Gasteiger partial charge on any atom is 0.301 e. The van der Waals surface area contributed by atoms with Crippen molar-refractivity contribution in [2.24, 2.45) is 0 Å². The highest BCUT2D eigenvalue weighted by molar-refractivity contribution is 8.00. The maximum atomic E-state index is 13.5. The number of anilines is 1. The molecular formula is C34H26ClN3O5S2. The fraction of sp³-hybridized carbons (Fsp3) is 0.118. The minimum absolute atomic E-state index is 0.0512. The second kappa shape index (κ2) is 13.2. The van der Waals surface area contributed by atoms with Gasteiger partial charge in [0, 0.05) is 16.3 Å². The van der Waals surface area contributed by atoms with Gasteiger partial charge in [-0.3, -0.25) is 14.5 Å². The van der Waals surface area contributed by atoms with Gasteiger partial charge in [0.1, 0.15) is 23.9 Å². The van der Waals surface area contributed by atoms with Crippen LogP contribution in [0, 0.1) is 6.92 Å². The van der Waals surface area contributed by atoms with Crippen LogP contribution in [0.1, 0.15) is 33.9 Å². The van der Waals surface area contributed by atoms with Crippen molar-refractivity contribution in [1.82, 2.24) is 10.2 Å². The molecule has 1 saturated heterocycles. The van der Waals surface area contributed by atoms with Gasteiger partial charge in [0.25, 0.3) is 5.78 Å². The Morgan fingerprint density at radius 3 is 2.47 bits per heavy atom. The molecule has 0 saturated carbocycles. The predicted molar refractivity (Wildman–Crippen MR) is 176 cm³/mol. The molecule has 1 aliphatic rings. The van der Waals surface area contributed by atoms with Gasteiger partial charge in [0.05, 0.1) is 11.6 Å². The summed E-state index contributed by atoms with van der Waals surface area (Å²) >= 11 is 8.58. The molecule has 8 nitrogen and oxygen atoms in total. The van der Waals surface area contributed by atoms with E-state index in [2.05, 4.69) is 10.2 Å². The largest absolute Gasteiger partial charge is 0.508 e. The van der Waals surface area contributed by atoms with E-state index in [0.29, 0.717) is 38.6 Å². The summed E-state index contributed by atoms with van der Waals surface area (Å²) in [4.78, 5) is 28.3. The monoisotopic (exact) mass is 655 g/mol. The number of aromatic hydroxyl groups is 1. The summed E-state index contributed by atoms with van der Waals surface area (Å²) in [5.74, 6) is -0.941. The molecule has 6 rings (SSSR count). The molecule has 1 amide bonds. The SMILES string of the molecule is Cc1ccccc1COc1ccc(/C(O)=C2\C(=O)C(=O)N(c3nnc(SCc4ccc(Cl)cc4)s3)C2c2cccc(O)c2)cc1. The highest BCUT2D eigenvalue weighted by atomic mass is 35.5. The molecule has 0 spiro atoms. The first-order chi connectivity index (χ1) is 21.8. The lowest BCUT2D eigenvalue weighted by molar-refractivity contribution is -0.132. The lowest BCUT2D eigenvalue weighted by Crippen LogP contribution is -2.29. The molecular weight excluding hydrogens is 630 g/mol. The van der Waals surface area contributed by atoms with Crippen LogP contribution < -0.4 is 9.64 Å². The van der Waals surface area contributed by atoms with Crippen molar-refractivity contribution in [3.63, 3.8) is 0 Å². The van der Waals surface area contributed by atoms with Gasteiger partial charge in [-0.15, -0.1) is 10.2 Å². The maximum absolute atomic E-state index is 13.5. The van der Waals surface area contributed by atoms with Crippen molar-refractivity contribution in [1.29, 1.82) is 0 Å². The van der Waals surface area contributed by atoms with E-state index in [0.717, 1.165) is 28.0 Å². The smallest absolute Gasteiger partial charge is 0.301 e. The lowest BCUT2D eigenvalue weighted by Gasteiger charge is -2.22. The topological polar surface area (TPSA) is 113 Å². The molecule has 0 bridgehead atoms.